The minimum atomic E-state index is -2.39. The molecule has 4 nitrogen and oxygen atoms in total. The number of nitrogens with one attached hydrogen (secondary N) is 1. The third kappa shape index (κ3) is 2.06. The molecule has 1 aliphatic heterocycles. The van der Waals surface area contributed by atoms with Gasteiger partial charge in [-0.3, -0.25) is 4.57 Å². The van der Waals surface area contributed by atoms with Gasteiger partial charge in [0.2, 0.25) is 0 Å². The third-order valence-corrected chi connectivity index (χ3v) is 2.38. The van der Waals surface area contributed by atoms with Crippen LogP contribution >= 0.6 is 8.18 Å². The van der Waals surface area contributed by atoms with Crippen LogP contribution < -0.4 is 5.32 Å². The Morgan fingerprint density at radius 3 is 2.33 bits per heavy atom. The third-order valence-electron chi connectivity index (χ3n) is 1.39. The maximum Gasteiger partial charge on any atom is 0.258 e. The minimum Gasteiger partial charge on any atom is -0.335 e. The Labute approximate surface area is 54.8 Å². The molecule has 1 aliphatic rings. The van der Waals surface area contributed by atoms with Crippen molar-refractivity contribution in [1.29, 1.82) is 0 Å². The summed E-state index contributed by atoms with van der Waals surface area (Å²) in [5.74, 6) is 0. The summed E-state index contributed by atoms with van der Waals surface area (Å²) in [6.07, 6.45) is 0. The standard InChI is InChI=1S/C4H11N2O2P/c7-9(8)6-3-1-5-2-4-6/h5,9H,1-4H2,(H,7,8). The molecular weight excluding hydrogens is 139 g/mol. The van der Waals surface area contributed by atoms with Crippen LogP contribution in [0.2, 0.25) is 0 Å². The van der Waals surface area contributed by atoms with Crippen LogP contribution in [0.15, 0.2) is 0 Å². The number of rotatable bonds is 1. The van der Waals surface area contributed by atoms with Crippen molar-refractivity contribution in [2.75, 3.05) is 26.2 Å². The van der Waals surface area contributed by atoms with Crippen LogP contribution in [0.25, 0.3) is 0 Å². The van der Waals surface area contributed by atoms with Gasteiger partial charge in [0.05, 0.1) is 0 Å². The van der Waals surface area contributed by atoms with Crippen molar-refractivity contribution in [3.8, 4) is 0 Å². The zero-order valence-corrected chi connectivity index (χ0v) is 6.13. The van der Waals surface area contributed by atoms with Gasteiger partial charge in [0, 0.05) is 26.2 Å². The van der Waals surface area contributed by atoms with Crippen LogP contribution in [0.3, 0.4) is 0 Å². The summed E-state index contributed by atoms with van der Waals surface area (Å²) < 4.78 is 12.0. The summed E-state index contributed by atoms with van der Waals surface area (Å²) >= 11 is 0. The second-order valence-electron chi connectivity index (χ2n) is 2.02. The maximum atomic E-state index is 10.4. The lowest BCUT2D eigenvalue weighted by Gasteiger charge is -2.23. The summed E-state index contributed by atoms with van der Waals surface area (Å²) in [4.78, 5) is 8.62. The van der Waals surface area contributed by atoms with Crippen molar-refractivity contribution < 1.29 is 9.46 Å². The van der Waals surface area contributed by atoms with Gasteiger partial charge in [-0.2, -0.15) is 0 Å². The van der Waals surface area contributed by atoms with Crippen LogP contribution in [-0.4, -0.2) is 35.7 Å². The molecule has 1 fully saturated rings. The summed E-state index contributed by atoms with van der Waals surface area (Å²) in [7, 11) is -2.39. The first kappa shape index (κ1) is 7.22. The highest BCUT2D eigenvalue weighted by atomic mass is 31.1. The fourth-order valence-electron chi connectivity index (χ4n) is 0.856. The number of hydrogen-bond acceptors (Lipinski definition) is 2. The molecule has 2 N–H and O–H groups in total. The molecule has 1 unspecified atom stereocenters. The zero-order valence-electron chi connectivity index (χ0n) is 5.13. The Balaban J connectivity index is 2.31. The summed E-state index contributed by atoms with van der Waals surface area (Å²) in [5.41, 5.74) is 0. The first-order valence-electron chi connectivity index (χ1n) is 2.99. The van der Waals surface area contributed by atoms with E-state index in [1.165, 1.54) is 0 Å². The van der Waals surface area contributed by atoms with Gasteiger partial charge in [-0.1, -0.05) is 0 Å². The smallest absolute Gasteiger partial charge is 0.258 e. The predicted octanol–water partition coefficient (Wildman–Crippen LogP) is -0.726. The second-order valence-corrected chi connectivity index (χ2v) is 3.22. The number of piperazine rings is 1. The van der Waals surface area contributed by atoms with Crippen molar-refractivity contribution in [2.24, 2.45) is 0 Å². The highest BCUT2D eigenvalue weighted by Gasteiger charge is 2.11. The molecule has 5 heteroatoms. The lowest BCUT2D eigenvalue weighted by Crippen LogP contribution is -2.39. The largest absolute Gasteiger partial charge is 0.335 e. The first-order valence-corrected chi connectivity index (χ1v) is 4.29. The van der Waals surface area contributed by atoms with Crippen molar-refractivity contribution in [2.45, 2.75) is 0 Å². The Morgan fingerprint density at radius 1 is 1.44 bits per heavy atom. The predicted molar refractivity (Wildman–Crippen MR) is 35.7 cm³/mol. The number of hydrogen-bond donors (Lipinski definition) is 2. The normalized spacial score (nSPS) is 25.9. The van der Waals surface area contributed by atoms with Gasteiger partial charge in [-0.15, -0.1) is 0 Å². The van der Waals surface area contributed by atoms with Crippen molar-refractivity contribution in [3.63, 3.8) is 0 Å². The van der Waals surface area contributed by atoms with Crippen LogP contribution in [0, 0.1) is 0 Å². The molecular formula is C4H11N2O2P. The topological polar surface area (TPSA) is 52.6 Å². The Bertz CT molecular complexity index is 113. The summed E-state index contributed by atoms with van der Waals surface area (Å²) in [6, 6.07) is 0. The summed E-state index contributed by atoms with van der Waals surface area (Å²) in [5, 5.41) is 3.09. The Morgan fingerprint density at radius 2 is 2.00 bits per heavy atom. The molecule has 0 amide bonds. The second kappa shape index (κ2) is 3.32. The van der Waals surface area contributed by atoms with Crippen LogP contribution in [0.1, 0.15) is 0 Å². The van der Waals surface area contributed by atoms with Gasteiger partial charge < -0.3 is 10.2 Å². The van der Waals surface area contributed by atoms with Gasteiger partial charge in [0.25, 0.3) is 8.18 Å². The lowest BCUT2D eigenvalue weighted by molar-refractivity contribution is 0.331. The van der Waals surface area contributed by atoms with Crippen LogP contribution in [0.4, 0.5) is 0 Å². The van der Waals surface area contributed by atoms with Crippen molar-refractivity contribution >= 4 is 8.18 Å². The van der Waals surface area contributed by atoms with E-state index in [0.717, 1.165) is 13.1 Å². The van der Waals surface area contributed by atoms with E-state index >= 15 is 0 Å². The van der Waals surface area contributed by atoms with E-state index in [1.54, 1.807) is 4.67 Å². The first-order chi connectivity index (χ1) is 4.30. The molecule has 9 heavy (non-hydrogen) atoms. The van der Waals surface area contributed by atoms with Gasteiger partial charge in [-0.25, -0.2) is 4.67 Å². The van der Waals surface area contributed by atoms with E-state index < -0.39 is 8.18 Å². The van der Waals surface area contributed by atoms with Crippen molar-refractivity contribution in [3.05, 3.63) is 0 Å². The van der Waals surface area contributed by atoms with E-state index in [4.69, 9.17) is 4.89 Å². The number of nitrogens with zero attached hydrogens (tertiary/aromatic N) is 1. The fraction of sp³-hybridized carbons (Fsp3) is 1.00. The van der Waals surface area contributed by atoms with Crippen LogP contribution in [0.5, 0.6) is 0 Å². The highest BCUT2D eigenvalue weighted by molar-refractivity contribution is 7.35. The molecule has 1 atom stereocenters. The van der Waals surface area contributed by atoms with E-state index in [2.05, 4.69) is 5.32 Å². The molecule has 0 bridgehead atoms. The average Bonchev–Trinajstić information content (AvgIpc) is 1.90. The Kier molecular flexibility index (Phi) is 2.66. The maximum absolute atomic E-state index is 10.4. The average molecular weight is 150 g/mol. The molecule has 0 aromatic rings. The van der Waals surface area contributed by atoms with Gasteiger partial charge in [-0.05, 0) is 0 Å². The molecule has 1 heterocycles. The monoisotopic (exact) mass is 150 g/mol. The van der Waals surface area contributed by atoms with Crippen molar-refractivity contribution in [1.82, 2.24) is 9.99 Å². The molecule has 0 aromatic carbocycles. The molecule has 0 aromatic heterocycles. The fourth-order valence-corrected chi connectivity index (χ4v) is 1.46. The highest BCUT2D eigenvalue weighted by Crippen LogP contribution is 2.20. The van der Waals surface area contributed by atoms with E-state index in [-0.39, 0.29) is 0 Å². The zero-order chi connectivity index (χ0) is 6.69. The molecule has 54 valence electrons. The van der Waals surface area contributed by atoms with E-state index in [9.17, 15) is 4.57 Å². The molecule has 0 aliphatic carbocycles. The molecule has 0 spiro atoms. The SMILES string of the molecule is O=[PH](O)N1CCNCC1. The lowest BCUT2D eigenvalue weighted by atomic mass is 10.4. The molecule has 1 rings (SSSR count). The quantitative estimate of drug-likeness (QED) is 0.484. The van der Waals surface area contributed by atoms with Gasteiger partial charge in [0.1, 0.15) is 0 Å². The molecule has 1 saturated heterocycles. The van der Waals surface area contributed by atoms with E-state index in [0.29, 0.717) is 13.1 Å². The van der Waals surface area contributed by atoms with Gasteiger partial charge >= 0.3 is 0 Å². The molecule has 0 saturated carbocycles. The minimum absolute atomic E-state index is 0.703. The summed E-state index contributed by atoms with van der Waals surface area (Å²) in [6.45, 7) is 3.07. The van der Waals surface area contributed by atoms with Gasteiger partial charge in [0.15, 0.2) is 0 Å². The van der Waals surface area contributed by atoms with E-state index in [1.807, 2.05) is 0 Å². The Hall–Kier alpha value is 0.110. The molecule has 0 radical (unpaired) electrons. The van der Waals surface area contributed by atoms with Crippen LogP contribution in [-0.2, 0) is 4.57 Å².